The summed E-state index contributed by atoms with van der Waals surface area (Å²) in [6.07, 6.45) is -3.53. The van der Waals surface area contributed by atoms with Crippen molar-refractivity contribution in [2.45, 2.75) is 32.4 Å². The van der Waals surface area contributed by atoms with Gasteiger partial charge in [-0.15, -0.1) is 10.2 Å². The van der Waals surface area contributed by atoms with Gasteiger partial charge >= 0.3 is 6.18 Å². The van der Waals surface area contributed by atoms with Crippen LogP contribution in [0.2, 0.25) is 0 Å². The van der Waals surface area contributed by atoms with E-state index in [4.69, 9.17) is 0 Å². The van der Waals surface area contributed by atoms with E-state index >= 15 is 0 Å². The van der Waals surface area contributed by atoms with E-state index in [1.165, 1.54) is 0 Å². The molecule has 0 radical (unpaired) electrons. The molecule has 158 valence electrons. The third kappa shape index (κ3) is 5.47. The van der Waals surface area contributed by atoms with Crippen LogP contribution in [0.1, 0.15) is 26.2 Å². The van der Waals surface area contributed by atoms with Crippen molar-refractivity contribution in [3.8, 4) is 0 Å². The minimum atomic E-state index is -4.47. The second-order valence-corrected chi connectivity index (χ2v) is 9.58. The van der Waals surface area contributed by atoms with Gasteiger partial charge in [0, 0.05) is 39.3 Å². The number of hydrogen-bond acceptors (Lipinski definition) is 6. The van der Waals surface area contributed by atoms with Crippen molar-refractivity contribution in [2.75, 3.05) is 54.8 Å². The Morgan fingerprint density at radius 3 is 1.93 bits per heavy atom. The third-order valence-electron chi connectivity index (χ3n) is 5.34. The molecule has 0 bridgehead atoms. The predicted octanol–water partition coefficient (Wildman–Crippen LogP) is 2.12. The first-order valence-electron chi connectivity index (χ1n) is 9.52. The molecule has 7 nitrogen and oxygen atoms in total. The molecule has 0 N–H and O–H groups in total. The molecule has 28 heavy (non-hydrogen) atoms. The monoisotopic (exact) mass is 421 g/mol. The molecule has 1 aromatic rings. The van der Waals surface area contributed by atoms with E-state index in [1.54, 1.807) is 0 Å². The van der Waals surface area contributed by atoms with E-state index in [1.807, 2.05) is 17.0 Å². The summed E-state index contributed by atoms with van der Waals surface area (Å²) < 4.78 is 62.3. The molecule has 0 saturated carbocycles. The summed E-state index contributed by atoms with van der Waals surface area (Å²) in [5, 5.41) is 8.57. The first-order chi connectivity index (χ1) is 13.1. The number of nitrogens with zero attached hydrogens (tertiary/aromatic N) is 5. The first-order valence-corrected chi connectivity index (χ1v) is 11.1. The molecule has 0 aromatic carbocycles. The summed E-state index contributed by atoms with van der Waals surface area (Å²) >= 11 is 0. The molecule has 0 amide bonds. The van der Waals surface area contributed by atoms with Gasteiger partial charge in [-0.1, -0.05) is 6.92 Å². The van der Waals surface area contributed by atoms with Gasteiger partial charge in [-0.25, -0.2) is 8.42 Å². The molecule has 2 saturated heterocycles. The molecule has 0 unspecified atom stereocenters. The van der Waals surface area contributed by atoms with Crippen molar-refractivity contribution in [3.05, 3.63) is 12.1 Å². The summed E-state index contributed by atoms with van der Waals surface area (Å²) in [7, 11) is -3.90. The van der Waals surface area contributed by atoms with Gasteiger partial charge in [-0.05, 0) is 30.9 Å². The van der Waals surface area contributed by atoms with E-state index in [-0.39, 0.29) is 13.1 Å². The highest BCUT2D eigenvalue weighted by Crippen LogP contribution is 2.24. The van der Waals surface area contributed by atoms with Crippen LogP contribution in [0.15, 0.2) is 12.1 Å². The van der Waals surface area contributed by atoms with Crippen molar-refractivity contribution in [2.24, 2.45) is 5.92 Å². The lowest BCUT2D eigenvalue weighted by atomic mass is 9.99. The van der Waals surface area contributed by atoms with Crippen molar-refractivity contribution in [1.29, 1.82) is 0 Å². The van der Waals surface area contributed by atoms with E-state index in [9.17, 15) is 21.6 Å². The number of piperidine rings is 1. The lowest BCUT2D eigenvalue weighted by Gasteiger charge is -2.35. The molecule has 0 atom stereocenters. The number of halogens is 3. The number of hydrogen-bond donors (Lipinski definition) is 0. The Kier molecular flexibility index (Phi) is 6.33. The van der Waals surface area contributed by atoms with Gasteiger partial charge in [0.1, 0.15) is 0 Å². The van der Waals surface area contributed by atoms with E-state index in [0.29, 0.717) is 18.9 Å². The average Bonchev–Trinajstić information content (AvgIpc) is 2.67. The minimum Gasteiger partial charge on any atom is -0.355 e. The van der Waals surface area contributed by atoms with Gasteiger partial charge in [0.2, 0.25) is 10.0 Å². The zero-order valence-corrected chi connectivity index (χ0v) is 16.7. The Bertz CT molecular complexity index is 741. The predicted molar refractivity (Wildman–Crippen MR) is 101 cm³/mol. The molecule has 0 spiro atoms. The number of rotatable bonds is 5. The van der Waals surface area contributed by atoms with E-state index in [2.05, 4.69) is 22.0 Å². The molecule has 3 rings (SSSR count). The third-order valence-corrected chi connectivity index (χ3v) is 7.22. The van der Waals surface area contributed by atoms with Crippen molar-refractivity contribution in [3.63, 3.8) is 0 Å². The topological polar surface area (TPSA) is 69.6 Å². The van der Waals surface area contributed by atoms with E-state index < -0.39 is 28.4 Å². The molecule has 0 aliphatic carbocycles. The van der Waals surface area contributed by atoms with Crippen LogP contribution in [-0.4, -0.2) is 74.1 Å². The smallest absolute Gasteiger partial charge is 0.355 e. The van der Waals surface area contributed by atoms with Crippen molar-refractivity contribution >= 4 is 21.7 Å². The van der Waals surface area contributed by atoms with Crippen LogP contribution in [0.25, 0.3) is 0 Å². The lowest BCUT2D eigenvalue weighted by molar-refractivity contribution is -0.130. The standard InChI is InChI=1S/C17H26F3N5O2S/c1-14-4-7-23(8-5-14)15-2-3-16(22-21-15)24-9-11-25(12-10-24)28(26,27)13-6-17(18,19)20/h2-3,14H,4-13H2,1H3. The fraction of sp³-hybridized carbons (Fsp3) is 0.765. The fourth-order valence-corrected chi connectivity index (χ4v) is 4.93. The normalized spacial score (nSPS) is 20.6. The molecule has 2 aliphatic heterocycles. The zero-order chi connectivity index (χ0) is 20.4. The van der Waals surface area contributed by atoms with Crippen LogP contribution < -0.4 is 9.80 Å². The van der Waals surface area contributed by atoms with E-state index in [0.717, 1.165) is 42.0 Å². The Labute approximate surface area is 163 Å². The number of anilines is 2. The van der Waals surface area contributed by atoms with Gasteiger partial charge in [0.15, 0.2) is 11.6 Å². The molecule has 1 aromatic heterocycles. The number of aromatic nitrogens is 2. The largest absolute Gasteiger partial charge is 0.390 e. The van der Waals surface area contributed by atoms with Crippen LogP contribution in [0.5, 0.6) is 0 Å². The summed E-state index contributed by atoms with van der Waals surface area (Å²) in [4.78, 5) is 4.12. The summed E-state index contributed by atoms with van der Waals surface area (Å²) in [6, 6.07) is 3.79. The highest BCUT2D eigenvalue weighted by atomic mass is 32.2. The maximum absolute atomic E-state index is 12.3. The molecule has 2 fully saturated rings. The summed E-state index contributed by atoms with van der Waals surface area (Å²) in [6.45, 7) is 5.21. The second-order valence-electron chi connectivity index (χ2n) is 7.49. The second kappa shape index (κ2) is 8.40. The van der Waals surface area contributed by atoms with Crippen LogP contribution in [0, 0.1) is 5.92 Å². The first kappa shape index (κ1) is 21.1. The molecule has 3 heterocycles. The van der Waals surface area contributed by atoms with Crippen LogP contribution in [0.4, 0.5) is 24.8 Å². The Morgan fingerprint density at radius 2 is 1.46 bits per heavy atom. The summed E-state index contributed by atoms with van der Waals surface area (Å²) in [5.74, 6) is 1.32. The van der Waals surface area contributed by atoms with Crippen LogP contribution in [0.3, 0.4) is 0 Å². The fourth-order valence-electron chi connectivity index (χ4n) is 3.46. The molecular formula is C17H26F3N5O2S. The van der Waals surface area contributed by atoms with Gasteiger partial charge in [-0.2, -0.15) is 17.5 Å². The lowest BCUT2D eigenvalue weighted by Crippen LogP contribution is -2.49. The van der Waals surface area contributed by atoms with Gasteiger partial charge < -0.3 is 9.80 Å². The maximum atomic E-state index is 12.3. The zero-order valence-electron chi connectivity index (χ0n) is 15.9. The van der Waals surface area contributed by atoms with Gasteiger partial charge in [0.25, 0.3) is 0 Å². The highest BCUT2D eigenvalue weighted by molar-refractivity contribution is 7.89. The SMILES string of the molecule is CC1CCN(c2ccc(N3CCN(S(=O)(=O)CCC(F)(F)F)CC3)nn2)CC1. The Morgan fingerprint density at radius 1 is 0.964 bits per heavy atom. The van der Waals surface area contributed by atoms with Crippen molar-refractivity contribution < 1.29 is 21.6 Å². The number of alkyl halides is 3. The Balaban J connectivity index is 1.53. The Hall–Kier alpha value is -1.62. The van der Waals surface area contributed by atoms with Crippen LogP contribution >= 0.6 is 0 Å². The number of piperazine rings is 1. The highest BCUT2D eigenvalue weighted by Gasteiger charge is 2.34. The van der Waals surface area contributed by atoms with Crippen molar-refractivity contribution in [1.82, 2.24) is 14.5 Å². The number of sulfonamides is 1. The average molecular weight is 421 g/mol. The summed E-state index contributed by atoms with van der Waals surface area (Å²) in [5.41, 5.74) is 0. The van der Waals surface area contributed by atoms with Gasteiger partial charge in [0.05, 0.1) is 12.2 Å². The molecule has 2 aliphatic rings. The molecular weight excluding hydrogens is 395 g/mol. The maximum Gasteiger partial charge on any atom is 0.390 e. The quantitative estimate of drug-likeness (QED) is 0.726. The molecule has 11 heteroatoms. The minimum absolute atomic E-state index is 0.146. The van der Waals surface area contributed by atoms with Gasteiger partial charge in [-0.3, -0.25) is 0 Å². The van der Waals surface area contributed by atoms with Crippen LogP contribution in [-0.2, 0) is 10.0 Å².